The molecule has 1 aromatic rings. The number of rotatable bonds is 3. The maximum absolute atomic E-state index is 9.30. The van der Waals surface area contributed by atoms with Crippen molar-refractivity contribution in [3.63, 3.8) is 0 Å². The zero-order valence-corrected chi connectivity index (χ0v) is 9.60. The van der Waals surface area contributed by atoms with Crippen molar-refractivity contribution in [1.29, 1.82) is 0 Å². The van der Waals surface area contributed by atoms with Crippen molar-refractivity contribution in [2.75, 3.05) is 5.32 Å². The largest absolute Gasteiger partial charge is 0.391 e. The summed E-state index contributed by atoms with van der Waals surface area (Å²) >= 11 is 11.7. The Morgan fingerprint density at radius 3 is 2.43 bits per heavy atom. The normalized spacial score (nSPS) is 14.9. The van der Waals surface area contributed by atoms with E-state index in [0.717, 1.165) is 5.69 Å². The average Bonchev–Trinajstić information content (AvgIpc) is 2.09. The molecule has 0 aliphatic heterocycles. The second kappa shape index (κ2) is 4.87. The lowest BCUT2D eigenvalue weighted by molar-refractivity contribution is 0.178. The number of hydrogen-bond donors (Lipinski definition) is 2. The molecule has 0 saturated carbocycles. The summed E-state index contributed by atoms with van der Waals surface area (Å²) in [6.07, 6.45) is -0.429. The van der Waals surface area contributed by atoms with Crippen LogP contribution in [-0.2, 0) is 0 Å². The van der Waals surface area contributed by atoms with Gasteiger partial charge in [-0.3, -0.25) is 0 Å². The molecular formula is C10H13Cl2NO. The fourth-order valence-electron chi connectivity index (χ4n) is 0.972. The Balaban J connectivity index is 2.77. The molecule has 0 aromatic heterocycles. The molecule has 1 aromatic carbocycles. The quantitative estimate of drug-likeness (QED) is 0.841. The summed E-state index contributed by atoms with van der Waals surface area (Å²) in [5.41, 5.74) is 0.782. The van der Waals surface area contributed by atoms with E-state index in [0.29, 0.717) is 10.0 Å². The zero-order valence-electron chi connectivity index (χ0n) is 8.09. The first kappa shape index (κ1) is 11.6. The summed E-state index contributed by atoms with van der Waals surface area (Å²) in [5, 5.41) is 13.6. The third kappa shape index (κ3) is 3.05. The summed E-state index contributed by atoms with van der Waals surface area (Å²) in [6.45, 7) is 3.61. The number of aliphatic hydroxyl groups is 1. The molecule has 4 heteroatoms. The third-order valence-electron chi connectivity index (χ3n) is 2.04. The molecule has 0 radical (unpaired) electrons. The highest BCUT2D eigenvalue weighted by Gasteiger charge is 2.09. The van der Waals surface area contributed by atoms with Gasteiger partial charge >= 0.3 is 0 Å². The van der Waals surface area contributed by atoms with Crippen LogP contribution in [0.15, 0.2) is 18.2 Å². The lowest BCUT2D eigenvalue weighted by Gasteiger charge is -2.18. The first-order chi connectivity index (χ1) is 6.50. The van der Waals surface area contributed by atoms with E-state index >= 15 is 0 Å². The van der Waals surface area contributed by atoms with Crippen molar-refractivity contribution in [1.82, 2.24) is 0 Å². The van der Waals surface area contributed by atoms with Crippen LogP contribution in [0.5, 0.6) is 0 Å². The highest BCUT2D eigenvalue weighted by molar-refractivity contribution is 6.36. The number of aliphatic hydroxyl groups excluding tert-OH is 1. The van der Waals surface area contributed by atoms with Crippen LogP contribution >= 0.6 is 23.2 Å². The zero-order chi connectivity index (χ0) is 10.7. The fraction of sp³-hybridized carbons (Fsp3) is 0.400. The van der Waals surface area contributed by atoms with E-state index in [2.05, 4.69) is 5.32 Å². The van der Waals surface area contributed by atoms with E-state index in [9.17, 15) is 5.11 Å². The molecule has 0 spiro atoms. The molecule has 2 unspecified atom stereocenters. The standard InChI is InChI=1S/C10H13Cl2NO/c1-6(7(2)14)13-10-4-3-8(11)5-9(10)12/h3-7,13-14H,1-2H3. The number of nitrogens with one attached hydrogen (secondary N) is 1. The fourth-order valence-corrected chi connectivity index (χ4v) is 1.44. The van der Waals surface area contributed by atoms with Gasteiger partial charge in [-0.15, -0.1) is 0 Å². The first-order valence-electron chi connectivity index (χ1n) is 4.40. The van der Waals surface area contributed by atoms with Gasteiger partial charge in [-0.1, -0.05) is 23.2 Å². The average molecular weight is 234 g/mol. The summed E-state index contributed by atoms with van der Waals surface area (Å²) in [7, 11) is 0. The lowest BCUT2D eigenvalue weighted by atomic mass is 10.2. The molecule has 2 atom stereocenters. The maximum Gasteiger partial charge on any atom is 0.0710 e. The van der Waals surface area contributed by atoms with Gasteiger partial charge in [0.05, 0.1) is 16.8 Å². The van der Waals surface area contributed by atoms with Crippen LogP contribution in [-0.4, -0.2) is 17.3 Å². The van der Waals surface area contributed by atoms with Crippen LogP contribution in [0.2, 0.25) is 10.0 Å². The van der Waals surface area contributed by atoms with Crippen molar-refractivity contribution in [3.8, 4) is 0 Å². The summed E-state index contributed by atoms with van der Waals surface area (Å²) in [4.78, 5) is 0. The van der Waals surface area contributed by atoms with Crippen LogP contribution in [0, 0.1) is 0 Å². The second-order valence-corrected chi connectivity index (χ2v) is 4.14. The van der Waals surface area contributed by atoms with Crippen LogP contribution in [0.4, 0.5) is 5.69 Å². The van der Waals surface area contributed by atoms with Gasteiger partial charge in [0.25, 0.3) is 0 Å². The summed E-state index contributed by atoms with van der Waals surface area (Å²) in [5.74, 6) is 0. The summed E-state index contributed by atoms with van der Waals surface area (Å²) in [6, 6.07) is 5.17. The molecule has 0 aliphatic carbocycles. The molecule has 0 amide bonds. The number of anilines is 1. The van der Waals surface area contributed by atoms with E-state index in [1.54, 1.807) is 25.1 Å². The minimum Gasteiger partial charge on any atom is -0.391 e. The Kier molecular flexibility index (Phi) is 4.05. The smallest absolute Gasteiger partial charge is 0.0710 e. The van der Waals surface area contributed by atoms with E-state index in [1.807, 2.05) is 6.92 Å². The predicted octanol–water partition coefficient (Wildman–Crippen LogP) is 3.17. The van der Waals surface area contributed by atoms with Gasteiger partial charge in [0.2, 0.25) is 0 Å². The topological polar surface area (TPSA) is 32.3 Å². The van der Waals surface area contributed by atoms with Gasteiger partial charge in [0.15, 0.2) is 0 Å². The minimum absolute atomic E-state index is 0.0475. The Labute approximate surface area is 93.8 Å². The monoisotopic (exact) mass is 233 g/mol. The van der Waals surface area contributed by atoms with Gasteiger partial charge in [-0.25, -0.2) is 0 Å². The van der Waals surface area contributed by atoms with Crippen molar-refractivity contribution in [2.24, 2.45) is 0 Å². The molecule has 0 saturated heterocycles. The first-order valence-corrected chi connectivity index (χ1v) is 5.16. The maximum atomic E-state index is 9.30. The molecule has 14 heavy (non-hydrogen) atoms. The second-order valence-electron chi connectivity index (χ2n) is 3.30. The molecule has 0 fully saturated rings. The van der Waals surface area contributed by atoms with Crippen molar-refractivity contribution < 1.29 is 5.11 Å². The van der Waals surface area contributed by atoms with Gasteiger partial charge in [-0.2, -0.15) is 0 Å². The van der Waals surface area contributed by atoms with Gasteiger partial charge in [0.1, 0.15) is 0 Å². The number of hydrogen-bond acceptors (Lipinski definition) is 2. The molecule has 2 nitrogen and oxygen atoms in total. The van der Waals surface area contributed by atoms with E-state index in [4.69, 9.17) is 23.2 Å². The highest BCUT2D eigenvalue weighted by atomic mass is 35.5. The molecule has 1 rings (SSSR count). The predicted molar refractivity (Wildman–Crippen MR) is 61.2 cm³/mol. The Morgan fingerprint density at radius 2 is 1.93 bits per heavy atom. The van der Waals surface area contributed by atoms with Crippen molar-refractivity contribution in [2.45, 2.75) is 26.0 Å². The van der Waals surface area contributed by atoms with Crippen LogP contribution in [0.25, 0.3) is 0 Å². The number of benzene rings is 1. The third-order valence-corrected chi connectivity index (χ3v) is 2.59. The van der Waals surface area contributed by atoms with E-state index in [-0.39, 0.29) is 6.04 Å². The lowest BCUT2D eigenvalue weighted by Crippen LogP contribution is -2.27. The van der Waals surface area contributed by atoms with Crippen LogP contribution in [0.1, 0.15) is 13.8 Å². The van der Waals surface area contributed by atoms with E-state index < -0.39 is 6.10 Å². The molecule has 0 aliphatic rings. The van der Waals surface area contributed by atoms with Gasteiger partial charge in [0, 0.05) is 11.1 Å². The molecular weight excluding hydrogens is 221 g/mol. The minimum atomic E-state index is -0.429. The van der Waals surface area contributed by atoms with Gasteiger partial charge < -0.3 is 10.4 Å². The summed E-state index contributed by atoms with van der Waals surface area (Å²) < 4.78 is 0. The van der Waals surface area contributed by atoms with Gasteiger partial charge in [-0.05, 0) is 32.0 Å². The van der Waals surface area contributed by atoms with Crippen LogP contribution in [0.3, 0.4) is 0 Å². The highest BCUT2D eigenvalue weighted by Crippen LogP contribution is 2.26. The molecule has 2 N–H and O–H groups in total. The van der Waals surface area contributed by atoms with E-state index in [1.165, 1.54) is 0 Å². The Hall–Kier alpha value is -0.440. The molecule has 0 bridgehead atoms. The molecule has 0 heterocycles. The Bertz CT molecular complexity index is 315. The van der Waals surface area contributed by atoms with Crippen molar-refractivity contribution >= 4 is 28.9 Å². The number of halogens is 2. The van der Waals surface area contributed by atoms with Crippen LogP contribution < -0.4 is 5.32 Å². The molecule has 78 valence electrons. The Morgan fingerprint density at radius 1 is 1.29 bits per heavy atom. The van der Waals surface area contributed by atoms with Crippen molar-refractivity contribution in [3.05, 3.63) is 28.2 Å². The SMILES string of the molecule is CC(O)C(C)Nc1ccc(Cl)cc1Cl.